The van der Waals surface area contributed by atoms with Gasteiger partial charge in [-0.25, -0.2) is 0 Å². The zero-order valence-corrected chi connectivity index (χ0v) is 6.39. The van der Waals surface area contributed by atoms with Crippen molar-refractivity contribution < 1.29 is 4.79 Å². The van der Waals surface area contributed by atoms with Gasteiger partial charge in [0.05, 0.1) is 0 Å². The second kappa shape index (κ2) is 2.19. The predicted molar refractivity (Wildman–Crippen MR) is 44.2 cm³/mol. The fourth-order valence-corrected chi connectivity index (χ4v) is 1.68. The Morgan fingerprint density at radius 2 is 2.09 bits per heavy atom. The SMILES string of the molecule is C=C1CC=C(C=O)C2=C1CC2. The van der Waals surface area contributed by atoms with Crippen molar-refractivity contribution in [3.05, 3.63) is 34.9 Å². The maximum Gasteiger partial charge on any atom is 0.150 e. The van der Waals surface area contributed by atoms with E-state index in [0.29, 0.717) is 0 Å². The Balaban J connectivity index is 2.43. The first kappa shape index (κ1) is 6.59. The van der Waals surface area contributed by atoms with Crippen LogP contribution in [0.5, 0.6) is 0 Å². The van der Waals surface area contributed by atoms with Gasteiger partial charge in [0.15, 0.2) is 0 Å². The molecule has 0 saturated heterocycles. The minimum absolute atomic E-state index is 0.868. The van der Waals surface area contributed by atoms with E-state index in [1.165, 1.54) is 16.7 Å². The number of rotatable bonds is 1. The molecule has 2 aliphatic rings. The van der Waals surface area contributed by atoms with Gasteiger partial charge in [-0.3, -0.25) is 4.79 Å². The lowest BCUT2D eigenvalue weighted by molar-refractivity contribution is -0.104. The van der Waals surface area contributed by atoms with Crippen molar-refractivity contribution in [2.75, 3.05) is 0 Å². The molecule has 0 aromatic heterocycles. The molecular weight excluding hydrogens is 136 g/mol. The van der Waals surface area contributed by atoms with E-state index in [2.05, 4.69) is 6.58 Å². The number of hydrogen-bond acceptors (Lipinski definition) is 1. The molecule has 0 aromatic carbocycles. The molecule has 0 heterocycles. The summed E-state index contributed by atoms with van der Waals surface area (Å²) in [7, 11) is 0. The Kier molecular flexibility index (Phi) is 1.31. The summed E-state index contributed by atoms with van der Waals surface area (Å²) in [5, 5.41) is 0. The Bertz CT molecular complexity index is 292. The minimum atomic E-state index is 0.868. The van der Waals surface area contributed by atoms with E-state index in [-0.39, 0.29) is 0 Å². The van der Waals surface area contributed by atoms with Crippen LogP contribution in [0.25, 0.3) is 0 Å². The van der Waals surface area contributed by atoms with Gasteiger partial charge in [-0.1, -0.05) is 12.7 Å². The molecule has 2 rings (SSSR count). The van der Waals surface area contributed by atoms with Gasteiger partial charge < -0.3 is 0 Å². The molecule has 0 fully saturated rings. The lowest BCUT2D eigenvalue weighted by Crippen LogP contribution is -2.12. The van der Waals surface area contributed by atoms with Gasteiger partial charge in [-0.2, -0.15) is 0 Å². The average molecular weight is 146 g/mol. The normalized spacial score (nSPS) is 22.2. The molecular formula is C10H10O. The van der Waals surface area contributed by atoms with Crippen molar-refractivity contribution in [3.63, 3.8) is 0 Å². The second-order valence-electron chi connectivity index (χ2n) is 3.04. The molecule has 0 amide bonds. The summed E-state index contributed by atoms with van der Waals surface area (Å²) in [4.78, 5) is 10.5. The molecule has 11 heavy (non-hydrogen) atoms. The fourth-order valence-electron chi connectivity index (χ4n) is 1.68. The lowest BCUT2D eigenvalue weighted by Gasteiger charge is -2.28. The summed E-state index contributed by atoms with van der Waals surface area (Å²) >= 11 is 0. The van der Waals surface area contributed by atoms with E-state index >= 15 is 0 Å². The molecule has 0 spiro atoms. The van der Waals surface area contributed by atoms with Crippen LogP contribution in [-0.4, -0.2) is 6.29 Å². The molecule has 0 saturated carbocycles. The number of carbonyl (C=O) groups excluding carboxylic acids is 1. The third-order valence-electron chi connectivity index (χ3n) is 2.46. The summed E-state index contributed by atoms with van der Waals surface area (Å²) < 4.78 is 0. The number of aldehydes is 1. The smallest absolute Gasteiger partial charge is 0.150 e. The number of carbonyl (C=O) groups is 1. The van der Waals surface area contributed by atoms with E-state index in [0.717, 1.165) is 31.1 Å². The maximum atomic E-state index is 10.5. The molecule has 0 aromatic rings. The monoisotopic (exact) mass is 146 g/mol. The van der Waals surface area contributed by atoms with E-state index in [4.69, 9.17) is 0 Å². The van der Waals surface area contributed by atoms with Crippen LogP contribution >= 0.6 is 0 Å². The van der Waals surface area contributed by atoms with Crippen LogP contribution in [0.3, 0.4) is 0 Å². The van der Waals surface area contributed by atoms with Crippen LogP contribution < -0.4 is 0 Å². The van der Waals surface area contributed by atoms with Crippen molar-refractivity contribution in [1.29, 1.82) is 0 Å². The van der Waals surface area contributed by atoms with Crippen molar-refractivity contribution in [2.24, 2.45) is 0 Å². The summed E-state index contributed by atoms with van der Waals surface area (Å²) in [5.41, 5.74) is 4.70. The van der Waals surface area contributed by atoms with Crippen LogP contribution in [0, 0.1) is 0 Å². The molecule has 2 aliphatic carbocycles. The molecule has 56 valence electrons. The van der Waals surface area contributed by atoms with Gasteiger partial charge in [0.25, 0.3) is 0 Å². The molecule has 0 aliphatic heterocycles. The quantitative estimate of drug-likeness (QED) is 0.518. The van der Waals surface area contributed by atoms with E-state index in [1.54, 1.807) is 0 Å². The summed E-state index contributed by atoms with van der Waals surface area (Å²) in [5.74, 6) is 0. The molecule has 0 radical (unpaired) electrons. The zero-order chi connectivity index (χ0) is 7.84. The van der Waals surface area contributed by atoms with Gasteiger partial charge in [-0.05, 0) is 36.0 Å². The number of hydrogen-bond donors (Lipinski definition) is 0. The van der Waals surface area contributed by atoms with Crippen LogP contribution in [0.2, 0.25) is 0 Å². The predicted octanol–water partition coefficient (Wildman–Crippen LogP) is 2.16. The van der Waals surface area contributed by atoms with Crippen molar-refractivity contribution in [2.45, 2.75) is 19.3 Å². The van der Waals surface area contributed by atoms with Gasteiger partial charge in [-0.15, -0.1) is 0 Å². The number of allylic oxidation sites excluding steroid dienone is 5. The van der Waals surface area contributed by atoms with E-state index in [9.17, 15) is 4.79 Å². The third-order valence-corrected chi connectivity index (χ3v) is 2.46. The highest BCUT2D eigenvalue weighted by Crippen LogP contribution is 2.41. The highest BCUT2D eigenvalue weighted by Gasteiger charge is 2.24. The largest absolute Gasteiger partial charge is 0.298 e. The first-order valence-electron chi connectivity index (χ1n) is 3.89. The topological polar surface area (TPSA) is 17.1 Å². The molecule has 1 heteroatoms. The van der Waals surface area contributed by atoms with Crippen LogP contribution in [-0.2, 0) is 4.79 Å². The van der Waals surface area contributed by atoms with Crippen molar-refractivity contribution in [1.82, 2.24) is 0 Å². The zero-order valence-electron chi connectivity index (χ0n) is 6.39. The summed E-state index contributed by atoms with van der Waals surface area (Å²) in [6, 6.07) is 0. The highest BCUT2D eigenvalue weighted by molar-refractivity contribution is 5.83. The maximum absolute atomic E-state index is 10.5. The molecule has 0 unspecified atom stereocenters. The Labute approximate surface area is 66.1 Å². The first-order valence-corrected chi connectivity index (χ1v) is 3.89. The Morgan fingerprint density at radius 1 is 1.36 bits per heavy atom. The molecule has 1 nitrogen and oxygen atoms in total. The van der Waals surface area contributed by atoms with E-state index in [1.807, 2.05) is 6.08 Å². The Hall–Kier alpha value is -1.11. The first-order chi connectivity index (χ1) is 5.33. The second-order valence-corrected chi connectivity index (χ2v) is 3.04. The lowest BCUT2D eigenvalue weighted by atomic mass is 9.76. The van der Waals surface area contributed by atoms with Crippen molar-refractivity contribution >= 4 is 6.29 Å². The highest BCUT2D eigenvalue weighted by atomic mass is 16.1. The molecule has 0 atom stereocenters. The van der Waals surface area contributed by atoms with Gasteiger partial charge >= 0.3 is 0 Å². The van der Waals surface area contributed by atoms with Crippen molar-refractivity contribution in [3.8, 4) is 0 Å². The Morgan fingerprint density at radius 3 is 2.64 bits per heavy atom. The standard InChI is InChI=1S/C10H10O/c1-7-2-3-8(6-11)10-5-4-9(7)10/h3,6H,1-2,4-5H2. The average Bonchev–Trinajstić information content (AvgIpc) is 1.93. The molecule has 0 N–H and O–H groups in total. The third kappa shape index (κ3) is 0.805. The van der Waals surface area contributed by atoms with Gasteiger partial charge in [0.2, 0.25) is 0 Å². The minimum Gasteiger partial charge on any atom is -0.298 e. The van der Waals surface area contributed by atoms with Crippen LogP contribution in [0.1, 0.15) is 19.3 Å². The molecule has 0 bridgehead atoms. The van der Waals surface area contributed by atoms with Gasteiger partial charge in [0.1, 0.15) is 6.29 Å². The van der Waals surface area contributed by atoms with E-state index < -0.39 is 0 Å². The summed E-state index contributed by atoms with van der Waals surface area (Å²) in [6.45, 7) is 3.95. The van der Waals surface area contributed by atoms with Gasteiger partial charge in [0, 0.05) is 5.57 Å². The fraction of sp³-hybridized carbons (Fsp3) is 0.300. The summed E-state index contributed by atoms with van der Waals surface area (Å²) in [6.07, 6.45) is 6.00. The van der Waals surface area contributed by atoms with Crippen LogP contribution in [0.4, 0.5) is 0 Å². The van der Waals surface area contributed by atoms with Crippen LogP contribution in [0.15, 0.2) is 34.9 Å².